The molecule has 1 aromatic rings. The standard InChI is InChI=1S/C22H29BrN2O4S/c1-14-9-15(2)13-24(12-14)20(26)6-8-30(28,29)19-11-18(23)10-17-5-7-25(21(17)19)22(27)16-3-4-16/h10-11,14-16H,3-9,12-13H2,1-2H3. The molecule has 4 rings (SSSR count). The highest BCUT2D eigenvalue weighted by molar-refractivity contribution is 9.10. The van der Waals surface area contributed by atoms with E-state index in [1.54, 1.807) is 11.0 Å². The number of nitrogens with zero attached hydrogens (tertiary/aromatic N) is 2. The van der Waals surface area contributed by atoms with Gasteiger partial charge in [0.1, 0.15) is 0 Å². The second kappa shape index (κ2) is 8.26. The number of piperidine rings is 1. The van der Waals surface area contributed by atoms with E-state index in [1.165, 1.54) is 0 Å². The van der Waals surface area contributed by atoms with Gasteiger partial charge >= 0.3 is 0 Å². The van der Waals surface area contributed by atoms with Gasteiger partial charge in [-0.1, -0.05) is 29.8 Å². The molecule has 6 nitrogen and oxygen atoms in total. The van der Waals surface area contributed by atoms with Gasteiger partial charge in [-0.15, -0.1) is 0 Å². The van der Waals surface area contributed by atoms with Crippen LogP contribution in [0.25, 0.3) is 0 Å². The van der Waals surface area contributed by atoms with E-state index in [0.29, 0.717) is 48.1 Å². The number of carbonyl (C=O) groups excluding carboxylic acids is 2. The highest BCUT2D eigenvalue weighted by atomic mass is 79.9. The number of rotatable bonds is 5. The Bertz CT molecular complexity index is 964. The molecule has 0 spiro atoms. The van der Waals surface area contributed by atoms with Crippen LogP contribution in [-0.4, -0.2) is 50.5 Å². The highest BCUT2D eigenvalue weighted by Crippen LogP contribution is 2.41. The zero-order valence-electron chi connectivity index (χ0n) is 17.6. The molecular weight excluding hydrogens is 468 g/mol. The third-order valence-electron chi connectivity index (χ3n) is 6.33. The van der Waals surface area contributed by atoms with E-state index in [0.717, 1.165) is 24.8 Å². The summed E-state index contributed by atoms with van der Waals surface area (Å²) < 4.78 is 27.3. The number of benzene rings is 1. The van der Waals surface area contributed by atoms with Gasteiger partial charge < -0.3 is 9.80 Å². The lowest BCUT2D eigenvalue weighted by Gasteiger charge is -2.35. The first kappa shape index (κ1) is 21.8. The Morgan fingerprint density at radius 3 is 2.43 bits per heavy atom. The molecule has 2 heterocycles. The monoisotopic (exact) mass is 496 g/mol. The van der Waals surface area contributed by atoms with Crippen molar-refractivity contribution in [1.82, 2.24) is 4.90 Å². The lowest BCUT2D eigenvalue weighted by atomic mass is 9.92. The number of carbonyl (C=O) groups is 2. The third kappa shape index (κ3) is 4.44. The van der Waals surface area contributed by atoms with E-state index in [4.69, 9.17) is 0 Å². The summed E-state index contributed by atoms with van der Waals surface area (Å²) in [6.07, 6.45) is 3.48. The molecule has 0 bridgehead atoms. The maximum atomic E-state index is 13.3. The van der Waals surface area contributed by atoms with Crippen LogP contribution in [0.15, 0.2) is 21.5 Å². The summed E-state index contributed by atoms with van der Waals surface area (Å²) in [7, 11) is -3.71. The van der Waals surface area contributed by atoms with E-state index in [9.17, 15) is 18.0 Å². The number of halogens is 1. The Morgan fingerprint density at radius 2 is 1.80 bits per heavy atom. The Balaban J connectivity index is 1.54. The molecule has 3 aliphatic rings. The van der Waals surface area contributed by atoms with Crippen LogP contribution in [0.4, 0.5) is 5.69 Å². The van der Waals surface area contributed by atoms with Crippen molar-refractivity contribution in [1.29, 1.82) is 0 Å². The van der Waals surface area contributed by atoms with Crippen molar-refractivity contribution < 1.29 is 18.0 Å². The quantitative estimate of drug-likeness (QED) is 0.625. The minimum absolute atomic E-state index is 0.0276. The molecule has 30 heavy (non-hydrogen) atoms. The fourth-order valence-corrected chi connectivity index (χ4v) is 7.00. The largest absolute Gasteiger partial charge is 0.342 e. The number of sulfone groups is 1. The van der Waals surface area contributed by atoms with Gasteiger partial charge in [0.25, 0.3) is 0 Å². The van der Waals surface area contributed by atoms with Gasteiger partial charge in [0.15, 0.2) is 9.84 Å². The zero-order chi connectivity index (χ0) is 21.6. The summed E-state index contributed by atoms with van der Waals surface area (Å²) in [4.78, 5) is 29.1. The van der Waals surface area contributed by atoms with Crippen molar-refractivity contribution in [2.45, 2.75) is 50.8 Å². The van der Waals surface area contributed by atoms with Crippen molar-refractivity contribution in [3.8, 4) is 0 Å². The average Bonchev–Trinajstić information content (AvgIpc) is 3.44. The number of likely N-dealkylation sites (tertiary alicyclic amines) is 1. The maximum Gasteiger partial charge on any atom is 0.230 e. The SMILES string of the molecule is CC1CC(C)CN(C(=O)CCS(=O)(=O)c2cc(Br)cc3c2N(C(=O)C2CC2)CC3)C1. The van der Waals surface area contributed by atoms with Gasteiger partial charge in [-0.05, 0) is 55.2 Å². The topological polar surface area (TPSA) is 74.8 Å². The molecule has 1 aromatic carbocycles. The Kier molecular flexibility index (Phi) is 6.01. The lowest BCUT2D eigenvalue weighted by Crippen LogP contribution is -2.43. The zero-order valence-corrected chi connectivity index (χ0v) is 20.0. The molecule has 0 aromatic heterocycles. The summed E-state index contributed by atoms with van der Waals surface area (Å²) in [5, 5.41) is 0. The number of amides is 2. The Morgan fingerprint density at radius 1 is 1.13 bits per heavy atom. The van der Waals surface area contributed by atoms with Crippen LogP contribution in [0.2, 0.25) is 0 Å². The minimum atomic E-state index is -3.71. The van der Waals surface area contributed by atoms with E-state index in [2.05, 4.69) is 29.8 Å². The summed E-state index contributed by atoms with van der Waals surface area (Å²) in [6, 6.07) is 3.48. The second-order valence-electron chi connectivity index (χ2n) is 9.24. The predicted molar refractivity (Wildman–Crippen MR) is 119 cm³/mol. The number of fused-ring (bicyclic) bond motifs is 1. The van der Waals surface area contributed by atoms with Crippen molar-refractivity contribution >= 4 is 43.3 Å². The van der Waals surface area contributed by atoms with Crippen molar-refractivity contribution in [3.63, 3.8) is 0 Å². The van der Waals surface area contributed by atoms with Gasteiger partial charge in [-0.3, -0.25) is 9.59 Å². The van der Waals surface area contributed by atoms with Crippen LogP contribution < -0.4 is 4.90 Å². The maximum absolute atomic E-state index is 13.3. The lowest BCUT2D eigenvalue weighted by molar-refractivity contribution is -0.133. The fraction of sp³-hybridized carbons (Fsp3) is 0.636. The molecule has 0 radical (unpaired) electrons. The third-order valence-corrected chi connectivity index (χ3v) is 8.51. The van der Waals surface area contributed by atoms with Crippen LogP contribution in [0, 0.1) is 17.8 Å². The molecule has 2 amide bonds. The van der Waals surface area contributed by atoms with E-state index >= 15 is 0 Å². The average molecular weight is 497 g/mol. The molecule has 2 atom stereocenters. The summed E-state index contributed by atoms with van der Waals surface area (Å²) in [5.41, 5.74) is 1.41. The summed E-state index contributed by atoms with van der Waals surface area (Å²) >= 11 is 3.42. The molecule has 2 unspecified atom stereocenters. The number of hydrogen-bond donors (Lipinski definition) is 0. The van der Waals surface area contributed by atoms with Gasteiger partial charge in [0.2, 0.25) is 11.8 Å². The number of anilines is 1. The summed E-state index contributed by atoms with van der Waals surface area (Å²) in [6.45, 7) is 6.16. The second-order valence-corrected chi connectivity index (χ2v) is 12.2. The molecule has 164 valence electrons. The van der Waals surface area contributed by atoms with Gasteiger partial charge in [0.05, 0.1) is 16.3 Å². The fourth-order valence-electron chi connectivity index (χ4n) is 4.83. The first-order valence-corrected chi connectivity index (χ1v) is 13.2. The molecular formula is C22H29BrN2O4S. The first-order valence-electron chi connectivity index (χ1n) is 10.8. The molecule has 1 aliphatic carbocycles. The Hall–Kier alpha value is -1.41. The molecule has 2 fully saturated rings. The number of hydrogen-bond acceptors (Lipinski definition) is 4. The van der Waals surface area contributed by atoms with E-state index in [-0.39, 0.29) is 34.8 Å². The van der Waals surface area contributed by atoms with E-state index in [1.807, 2.05) is 11.0 Å². The van der Waals surface area contributed by atoms with Crippen molar-refractivity contribution in [3.05, 3.63) is 22.2 Å². The van der Waals surface area contributed by atoms with Gasteiger partial charge in [0, 0.05) is 36.4 Å². The van der Waals surface area contributed by atoms with Crippen LogP contribution in [0.3, 0.4) is 0 Å². The molecule has 0 N–H and O–H groups in total. The predicted octanol–water partition coefficient (Wildman–Crippen LogP) is 3.42. The van der Waals surface area contributed by atoms with E-state index < -0.39 is 9.84 Å². The summed E-state index contributed by atoms with van der Waals surface area (Å²) in [5.74, 6) is 0.586. The van der Waals surface area contributed by atoms with Crippen molar-refractivity contribution in [2.75, 3.05) is 30.3 Å². The van der Waals surface area contributed by atoms with Crippen LogP contribution in [-0.2, 0) is 25.8 Å². The molecule has 1 saturated carbocycles. The molecule has 2 aliphatic heterocycles. The van der Waals surface area contributed by atoms with Crippen LogP contribution in [0.1, 0.15) is 45.1 Å². The molecule has 8 heteroatoms. The highest BCUT2D eigenvalue weighted by Gasteiger charge is 2.39. The Labute approximate surface area is 187 Å². The van der Waals surface area contributed by atoms with Gasteiger partial charge in [-0.2, -0.15) is 0 Å². The molecule has 1 saturated heterocycles. The van der Waals surface area contributed by atoms with Crippen molar-refractivity contribution in [2.24, 2.45) is 17.8 Å². The van der Waals surface area contributed by atoms with Crippen LogP contribution in [0.5, 0.6) is 0 Å². The van der Waals surface area contributed by atoms with Gasteiger partial charge in [-0.25, -0.2) is 8.42 Å². The van der Waals surface area contributed by atoms with Crippen LogP contribution >= 0.6 is 15.9 Å². The normalized spacial score (nSPS) is 24.1. The first-order chi connectivity index (χ1) is 14.2. The smallest absolute Gasteiger partial charge is 0.230 e. The minimum Gasteiger partial charge on any atom is -0.342 e.